The number of amides is 1. The highest BCUT2D eigenvalue weighted by Gasteiger charge is 2.50. The van der Waals surface area contributed by atoms with Crippen LogP contribution >= 0.6 is 11.6 Å². The summed E-state index contributed by atoms with van der Waals surface area (Å²) in [7, 11) is 0. The maximum absolute atomic E-state index is 15.3. The minimum absolute atomic E-state index is 0.00594. The van der Waals surface area contributed by atoms with E-state index in [1.54, 1.807) is 24.3 Å². The lowest BCUT2D eigenvalue weighted by molar-refractivity contribution is -0.124. The number of anilines is 2. The molecule has 0 radical (unpaired) electrons. The topological polar surface area (TPSA) is 53.2 Å². The van der Waals surface area contributed by atoms with Gasteiger partial charge in [0.15, 0.2) is 5.66 Å². The zero-order valence-corrected chi connectivity index (χ0v) is 19.3. The van der Waals surface area contributed by atoms with E-state index < -0.39 is 23.2 Å². The van der Waals surface area contributed by atoms with Crippen LogP contribution in [0.25, 0.3) is 0 Å². The summed E-state index contributed by atoms with van der Waals surface area (Å²) in [6.45, 7) is 0. The van der Waals surface area contributed by atoms with Gasteiger partial charge in [-0.3, -0.25) is 4.79 Å². The molecule has 1 aliphatic heterocycles. The van der Waals surface area contributed by atoms with Gasteiger partial charge in [-0.2, -0.15) is 0 Å². The Morgan fingerprint density at radius 2 is 1.59 bits per heavy atom. The number of carbonyl (C=O) groups excluding carboxylic acids is 1. The van der Waals surface area contributed by atoms with Crippen LogP contribution in [0.15, 0.2) is 66.7 Å². The highest BCUT2D eigenvalue weighted by molar-refractivity contribution is 6.30. The highest BCUT2D eigenvalue weighted by Crippen LogP contribution is 2.48. The lowest BCUT2D eigenvalue weighted by atomic mass is 9.79. The van der Waals surface area contributed by atoms with Crippen LogP contribution in [0.3, 0.4) is 0 Å². The second kappa shape index (κ2) is 9.26. The molecule has 4 nitrogen and oxygen atoms in total. The Balaban J connectivity index is 1.66. The highest BCUT2D eigenvalue weighted by atomic mass is 35.5. The van der Waals surface area contributed by atoms with Crippen LogP contribution in [0.2, 0.25) is 5.02 Å². The second-order valence-corrected chi connectivity index (χ2v) is 9.49. The molecule has 1 saturated carbocycles. The summed E-state index contributed by atoms with van der Waals surface area (Å²) in [5, 5.41) is 10.6. The molecule has 0 aromatic heterocycles. The molecule has 7 heteroatoms. The minimum Gasteiger partial charge on any atom is -0.356 e. The smallest absolute Gasteiger partial charge is 0.232 e. The molecule has 1 amide bonds. The molecule has 1 aliphatic carbocycles. The third-order valence-electron chi connectivity index (χ3n) is 6.81. The van der Waals surface area contributed by atoms with Crippen molar-refractivity contribution in [3.8, 4) is 0 Å². The van der Waals surface area contributed by atoms with E-state index in [1.807, 2.05) is 24.3 Å². The summed E-state index contributed by atoms with van der Waals surface area (Å²) in [4.78, 5) is 14.0. The normalized spacial score (nSPS) is 17.9. The molecule has 0 bridgehead atoms. The molecule has 3 N–H and O–H groups in total. The van der Waals surface area contributed by atoms with Gasteiger partial charge in [0.2, 0.25) is 5.91 Å². The van der Waals surface area contributed by atoms with E-state index in [0.717, 1.165) is 61.7 Å². The van der Waals surface area contributed by atoms with Crippen LogP contribution in [-0.2, 0) is 10.5 Å². The first-order chi connectivity index (χ1) is 16.5. The van der Waals surface area contributed by atoms with E-state index in [1.165, 1.54) is 0 Å². The summed E-state index contributed by atoms with van der Waals surface area (Å²) in [5.41, 5.74) is 0.938. The summed E-state index contributed by atoms with van der Waals surface area (Å²) in [6, 6.07) is 17.8. The van der Waals surface area contributed by atoms with Crippen LogP contribution in [0, 0.1) is 11.6 Å². The van der Waals surface area contributed by atoms with Crippen molar-refractivity contribution >= 4 is 28.9 Å². The number of hydrogen-bond acceptors (Lipinski definition) is 3. The third kappa shape index (κ3) is 4.23. The van der Waals surface area contributed by atoms with E-state index in [4.69, 9.17) is 11.6 Å². The summed E-state index contributed by atoms with van der Waals surface area (Å²) >= 11 is 6.16. The molecule has 3 aromatic carbocycles. The molecule has 1 fully saturated rings. The Kier molecular flexibility index (Phi) is 6.17. The number of benzene rings is 3. The summed E-state index contributed by atoms with van der Waals surface area (Å²) < 4.78 is 29.7. The molecule has 1 atom stereocenters. The Hall–Kier alpha value is -3.12. The Morgan fingerprint density at radius 1 is 0.941 bits per heavy atom. The van der Waals surface area contributed by atoms with Crippen LogP contribution in [0.4, 0.5) is 20.2 Å². The number of hydrogen-bond donors (Lipinski definition) is 3. The van der Waals surface area contributed by atoms with Crippen molar-refractivity contribution in [1.29, 1.82) is 0 Å². The van der Waals surface area contributed by atoms with E-state index in [9.17, 15) is 9.18 Å². The first-order valence-electron chi connectivity index (χ1n) is 11.6. The molecule has 0 spiro atoms. The molecule has 176 valence electrons. The molecule has 2 aliphatic rings. The van der Waals surface area contributed by atoms with Gasteiger partial charge in [-0.15, -0.1) is 0 Å². The van der Waals surface area contributed by atoms with Gasteiger partial charge >= 0.3 is 0 Å². The van der Waals surface area contributed by atoms with Gasteiger partial charge in [-0.25, -0.2) is 8.78 Å². The van der Waals surface area contributed by atoms with Gasteiger partial charge in [0.25, 0.3) is 0 Å². The van der Waals surface area contributed by atoms with Crippen LogP contribution in [0.1, 0.15) is 49.1 Å². The van der Waals surface area contributed by atoms with Gasteiger partial charge in [-0.1, -0.05) is 55.1 Å². The lowest BCUT2D eigenvalue weighted by Crippen LogP contribution is -2.52. The number of para-hydroxylation sites is 2. The molecular weight excluding hydrogens is 456 g/mol. The zero-order chi connectivity index (χ0) is 23.7. The Bertz CT molecular complexity index is 1170. The van der Waals surface area contributed by atoms with Gasteiger partial charge in [0, 0.05) is 16.6 Å². The molecule has 5 rings (SSSR count). The fourth-order valence-electron chi connectivity index (χ4n) is 5.16. The number of halogens is 3. The van der Waals surface area contributed by atoms with Gasteiger partial charge in [0.05, 0.1) is 11.4 Å². The van der Waals surface area contributed by atoms with Crippen LogP contribution in [0.5, 0.6) is 0 Å². The molecular formula is C27H26ClF2N3O. The van der Waals surface area contributed by atoms with E-state index in [-0.39, 0.29) is 17.5 Å². The largest absolute Gasteiger partial charge is 0.356 e. The minimum atomic E-state index is -1.26. The second-order valence-electron chi connectivity index (χ2n) is 9.05. The summed E-state index contributed by atoms with van der Waals surface area (Å²) in [6.07, 6.45) is 4.96. The number of rotatable bonds is 5. The van der Waals surface area contributed by atoms with Crippen molar-refractivity contribution in [2.75, 3.05) is 10.6 Å². The van der Waals surface area contributed by atoms with Crippen LogP contribution < -0.4 is 16.0 Å². The van der Waals surface area contributed by atoms with Crippen molar-refractivity contribution in [3.05, 3.63) is 94.5 Å². The van der Waals surface area contributed by atoms with Crippen molar-refractivity contribution < 1.29 is 13.6 Å². The predicted octanol–water partition coefficient (Wildman–Crippen LogP) is 6.54. The SMILES string of the molecule is O=C(NC1CCCCC1)C(c1cc(F)ccc1F)C1(c2ccc(Cl)cc2)Nc2ccccc2N1. The first kappa shape index (κ1) is 22.7. The maximum Gasteiger partial charge on any atom is 0.232 e. The quantitative estimate of drug-likeness (QED) is 0.387. The van der Waals surface area contributed by atoms with Gasteiger partial charge in [0.1, 0.15) is 17.6 Å². The molecule has 1 unspecified atom stereocenters. The van der Waals surface area contributed by atoms with Crippen LogP contribution in [-0.4, -0.2) is 11.9 Å². The lowest BCUT2D eigenvalue weighted by Gasteiger charge is -2.39. The average Bonchev–Trinajstić information content (AvgIpc) is 3.22. The van der Waals surface area contributed by atoms with Gasteiger partial charge in [-0.05, 0) is 60.9 Å². The Labute approximate surface area is 202 Å². The van der Waals surface area contributed by atoms with Crippen molar-refractivity contribution in [2.45, 2.75) is 49.7 Å². The predicted molar refractivity (Wildman–Crippen MR) is 131 cm³/mol. The van der Waals surface area contributed by atoms with E-state index in [0.29, 0.717) is 10.6 Å². The number of carbonyl (C=O) groups is 1. The zero-order valence-electron chi connectivity index (χ0n) is 18.6. The molecule has 34 heavy (non-hydrogen) atoms. The monoisotopic (exact) mass is 481 g/mol. The first-order valence-corrected chi connectivity index (χ1v) is 12.0. The molecule has 0 saturated heterocycles. The van der Waals surface area contributed by atoms with Crippen molar-refractivity contribution in [1.82, 2.24) is 5.32 Å². The fourth-order valence-corrected chi connectivity index (χ4v) is 5.29. The van der Waals surface area contributed by atoms with Gasteiger partial charge < -0.3 is 16.0 Å². The van der Waals surface area contributed by atoms with E-state index >= 15 is 4.39 Å². The molecule has 3 aromatic rings. The van der Waals surface area contributed by atoms with Crippen molar-refractivity contribution in [3.63, 3.8) is 0 Å². The summed E-state index contributed by atoms with van der Waals surface area (Å²) in [5.74, 6) is -2.72. The standard InChI is InChI=1S/C27H26ClF2N3O/c28-18-12-10-17(11-13-18)27(32-23-8-4-5-9-24(23)33-27)25(21-16-19(29)14-15-22(21)30)26(34)31-20-6-2-1-3-7-20/h4-5,8-16,20,25,32-33H,1-3,6-7H2,(H,31,34). The van der Waals surface area contributed by atoms with E-state index in [2.05, 4.69) is 16.0 Å². The number of fused-ring (bicyclic) bond motifs is 1. The average molecular weight is 482 g/mol. The Morgan fingerprint density at radius 3 is 2.24 bits per heavy atom. The third-order valence-corrected chi connectivity index (χ3v) is 7.06. The maximum atomic E-state index is 15.3. The number of nitrogens with one attached hydrogen (secondary N) is 3. The molecule has 1 heterocycles. The van der Waals surface area contributed by atoms with Crippen molar-refractivity contribution in [2.24, 2.45) is 0 Å². The fraction of sp³-hybridized carbons (Fsp3) is 0.296.